The van der Waals surface area contributed by atoms with E-state index in [0.717, 1.165) is 42.9 Å². The fourth-order valence-corrected chi connectivity index (χ4v) is 4.81. The van der Waals surface area contributed by atoms with E-state index in [0.29, 0.717) is 23.0 Å². The van der Waals surface area contributed by atoms with E-state index in [4.69, 9.17) is 21.1 Å². The van der Waals surface area contributed by atoms with Gasteiger partial charge in [-0.3, -0.25) is 5.01 Å². The molecule has 1 saturated heterocycles. The van der Waals surface area contributed by atoms with Crippen LogP contribution in [0.3, 0.4) is 0 Å². The average Bonchev–Trinajstić information content (AvgIpc) is 3.16. The van der Waals surface area contributed by atoms with Crippen LogP contribution in [0, 0.1) is 23.2 Å². The number of carbonyl (C=O) groups excluding carboxylic acids is 1. The largest absolute Gasteiger partial charge is 0.490 e. The number of hydrazone groups is 1. The number of carbonyl (C=O) groups is 1. The number of ether oxygens (including phenoxy) is 2. The highest BCUT2D eigenvalue weighted by molar-refractivity contribution is 6.33. The van der Waals surface area contributed by atoms with Crippen LogP contribution in [0.15, 0.2) is 41.6 Å². The third kappa shape index (κ3) is 4.80. The van der Waals surface area contributed by atoms with E-state index in [1.165, 1.54) is 0 Å². The molecule has 0 saturated carbocycles. The second-order valence-electron chi connectivity index (χ2n) is 8.74. The van der Waals surface area contributed by atoms with Crippen molar-refractivity contribution in [2.45, 2.75) is 38.8 Å². The summed E-state index contributed by atoms with van der Waals surface area (Å²) in [4.78, 5) is 17.5. The quantitative estimate of drug-likeness (QED) is 0.543. The normalized spacial score (nSPS) is 24.4. The van der Waals surface area contributed by atoms with Gasteiger partial charge in [-0.25, -0.2) is 4.98 Å². The van der Waals surface area contributed by atoms with Gasteiger partial charge in [-0.05, 0) is 24.3 Å². The molecule has 4 unspecified atom stereocenters. The van der Waals surface area contributed by atoms with Gasteiger partial charge < -0.3 is 19.2 Å². The first-order chi connectivity index (χ1) is 16.4. The summed E-state index contributed by atoms with van der Waals surface area (Å²) in [5.41, 5.74) is 2.20. The molecule has 8 nitrogen and oxygen atoms in total. The van der Waals surface area contributed by atoms with Crippen molar-refractivity contribution < 1.29 is 14.3 Å². The van der Waals surface area contributed by atoms with Crippen LogP contribution in [-0.2, 0) is 4.79 Å². The van der Waals surface area contributed by atoms with E-state index < -0.39 is 0 Å². The lowest BCUT2D eigenvalue weighted by molar-refractivity contribution is -0.108. The maximum absolute atomic E-state index is 11.1. The van der Waals surface area contributed by atoms with Crippen LogP contribution in [0.4, 0.5) is 11.4 Å². The lowest BCUT2D eigenvalue weighted by Crippen LogP contribution is -2.44. The van der Waals surface area contributed by atoms with Crippen LogP contribution < -0.4 is 19.4 Å². The molecule has 1 aromatic carbocycles. The molecule has 2 aliphatic rings. The fraction of sp³-hybridized carbons (Fsp3) is 0.440. The number of anilines is 2. The first kappa shape index (κ1) is 23.8. The molecular formula is C25H28ClN5O3. The van der Waals surface area contributed by atoms with Crippen LogP contribution in [-0.4, -0.2) is 49.3 Å². The number of piperidine rings is 1. The van der Waals surface area contributed by atoms with E-state index in [1.54, 1.807) is 18.3 Å². The molecule has 0 radical (unpaired) electrons. The summed E-state index contributed by atoms with van der Waals surface area (Å²) in [6.45, 7) is 5.72. The zero-order chi connectivity index (χ0) is 24.2. The van der Waals surface area contributed by atoms with Crippen LogP contribution in [0.25, 0.3) is 0 Å². The van der Waals surface area contributed by atoms with Crippen molar-refractivity contribution in [3.8, 4) is 17.7 Å². The monoisotopic (exact) mass is 481 g/mol. The number of methoxy groups -OCH3 is 1. The molecule has 4 atom stereocenters. The number of hydrogen-bond acceptors (Lipinski definition) is 8. The third-order valence-electron chi connectivity index (χ3n) is 6.57. The number of pyridine rings is 1. The highest BCUT2D eigenvalue weighted by Gasteiger charge is 2.35. The third-order valence-corrected chi connectivity index (χ3v) is 6.86. The van der Waals surface area contributed by atoms with Crippen molar-refractivity contribution in [2.24, 2.45) is 16.9 Å². The maximum Gasteiger partial charge on any atom is 0.215 e. The van der Waals surface area contributed by atoms with Gasteiger partial charge in [0.15, 0.2) is 0 Å². The molecule has 3 heterocycles. The predicted molar refractivity (Wildman–Crippen MR) is 132 cm³/mol. The Morgan fingerprint density at radius 3 is 2.71 bits per heavy atom. The Labute approximate surface area is 204 Å². The second-order valence-corrected chi connectivity index (χ2v) is 9.15. The molecule has 0 aliphatic carbocycles. The van der Waals surface area contributed by atoms with Gasteiger partial charge in [-0.2, -0.15) is 10.4 Å². The average molecular weight is 482 g/mol. The van der Waals surface area contributed by atoms with Crippen molar-refractivity contribution >= 4 is 35.0 Å². The zero-order valence-electron chi connectivity index (χ0n) is 19.5. The van der Waals surface area contributed by atoms with E-state index in [1.807, 2.05) is 37.3 Å². The summed E-state index contributed by atoms with van der Waals surface area (Å²) < 4.78 is 11.6. The smallest absolute Gasteiger partial charge is 0.215 e. The Kier molecular flexibility index (Phi) is 7.23. The molecule has 4 rings (SSSR count). The number of halogens is 1. The first-order valence-electron chi connectivity index (χ1n) is 11.4. The van der Waals surface area contributed by atoms with E-state index >= 15 is 0 Å². The number of nitrogens with zero attached hydrogens (tertiary/aromatic N) is 5. The highest BCUT2D eigenvalue weighted by Crippen LogP contribution is 2.34. The fourth-order valence-electron chi connectivity index (χ4n) is 4.59. The number of hydrogen-bond donors (Lipinski definition) is 0. The molecule has 0 bridgehead atoms. The summed E-state index contributed by atoms with van der Waals surface area (Å²) >= 11 is 6.39. The zero-order valence-corrected chi connectivity index (χ0v) is 20.3. The lowest BCUT2D eigenvalue weighted by Gasteiger charge is -2.38. The topological polar surface area (TPSA) is 91.0 Å². The molecule has 0 spiro atoms. The highest BCUT2D eigenvalue weighted by atomic mass is 35.5. The van der Waals surface area contributed by atoms with Gasteiger partial charge in [0, 0.05) is 43.8 Å². The number of nitriles is 1. The number of aldehydes is 1. The predicted octanol–water partition coefficient (Wildman–Crippen LogP) is 4.33. The molecular weight excluding hydrogens is 454 g/mol. The molecule has 1 fully saturated rings. The minimum absolute atomic E-state index is 0.0717. The molecule has 178 valence electrons. The number of rotatable bonds is 7. The molecule has 2 aliphatic heterocycles. The Morgan fingerprint density at radius 2 is 2.06 bits per heavy atom. The SMILES string of the molecule is COc1cc(N2CCC(Oc3ccc(N4N=C(C#N)C(C)C4CC=O)cc3)C(C)C2)c(Cl)cn1. The molecule has 0 N–H and O–H groups in total. The van der Waals surface area contributed by atoms with Crippen molar-refractivity contribution in [3.63, 3.8) is 0 Å². The standard InChI is InChI=1S/C25H28ClN5O3/c1-16-15-30(23-12-25(33-3)28-14-20(23)26)10-8-24(16)34-19-6-4-18(5-7-19)31-22(9-11-32)17(2)21(13-27)29-31/h4-7,11-12,14,16-17,22,24H,8-10,15H2,1-3H3. The van der Waals surface area contributed by atoms with Gasteiger partial charge in [-0.1, -0.05) is 25.4 Å². The summed E-state index contributed by atoms with van der Waals surface area (Å²) in [5, 5.41) is 16.1. The second kappa shape index (κ2) is 10.3. The van der Waals surface area contributed by atoms with Crippen molar-refractivity contribution in [1.29, 1.82) is 5.26 Å². The van der Waals surface area contributed by atoms with Crippen LogP contribution in [0.5, 0.6) is 11.6 Å². The summed E-state index contributed by atoms with van der Waals surface area (Å²) in [6.07, 6.45) is 3.74. The Bertz CT molecular complexity index is 1100. The van der Waals surface area contributed by atoms with Gasteiger partial charge >= 0.3 is 0 Å². The van der Waals surface area contributed by atoms with E-state index in [2.05, 4.69) is 28.0 Å². The van der Waals surface area contributed by atoms with E-state index in [-0.39, 0.29) is 24.0 Å². The van der Waals surface area contributed by atoms with Crippen molar-refractivity contribution in [1.82, 2.24) is 4.98 Å². The lowest BCUT2D eigenvalue weighted by atomic mass is 9.95. The molecule has 0 amide bonds. The van der Waals surface area contributed by atoms with Gasteiger partial charge in [0.05, 0.1) is 35.7 Å². The van der Waals surface area contributed by atoms with Crippen molar-refractivity contribution in [2.75, 3.05) is 30.1 Å². The summed E-state index contributed by atoms with van der Waals surface area (Å²) in [7, 11) is 1.59. The van der Waals surface area contributed by atoms with E-state index in [9.17, 15) is 10.1 Å². The van der Waals surface area contributed by atoms with Crippen LogP contribution in [0.2, 0.25) is 5.02 Å². The van der Waals surface area contributed by atoms with Crippen molar-refractivity contribution in [3.05, 3.63) is 41.6 Å². The summed E-state index contributed by atoms with van der Waals surface area (Å²) in [6, 6.07) is 11.5. The summed E-state index contributed by atoms with van der Waals surface area (Å²) in [5.74, 6) is 1.51. The molecule has 1 aromatic heterocycles. The van der Waals surface area contributed by atoms with Gasteiger partial charge in [0.1, 0.15) is 29.9 Å². The maximum atomic E-state index is 11.1. The van der Waals surface area contributed by atoms with Crippen LogP contribution in [0.1, 0.15) is 26.7 Å². The van der Waals surface area contributed by atoms with Gasteiger partial charge in [0.2, 0.25) is 5.88 Å². The Balaban J connectivity index is 1.41. The van der Waals surface area contributed by atoms with Gasteiger partial charge in [0.25, 0.3) is 0 Å². The number of aromatic nitrogens is 1. The molecule has 2 aromatic rings. The molecule has 34 heavy (non-hydrogen) atoms. The first-order valence-corrected chi connectivity index (χ1v) is 11.8. The molecule has 9 heteroatoms. The Morgan fingerprint density at radius 1 is 1.29 bits per heavy atom. The Hall–Kier alpha value is -3.31. The number of benzene rings is 1. The van der Waals surface area contributed by atoms with Gasteiger partial charge in [-0.15, -0.1) is 0 Å². The minimum Gasteiger partial charge on any atom is -0.490 e. The minimum atomic E-state index is -0.151. The van der Waals surface area contributed by atoms with Crippen LogP contribution >= 0.6 is 11.6 Å².